The molecule has 11 heteroatoms. The van der Waals surface area contributed by atoms with Crippen LogP contribution in [-0.2, 0) is 4.74 Å². The van der Waals surface area contributed by atoms with Crippen molar-refractivity contribution in [3.05, 3.63) is 59.4 Å². The Hall–Kier alpha value is -2.92. The lowest BCUT2D eigenvalue weighted by Gasteiger charge is -2.22. The lowest BCUT2D eigenvalue weighted by atomic mass is 9.81. The van der Waals surface area contributed by atoms with Crippen LogP contribution in [0.15, 0.2) is 42.7 Å². The molecule has 0 bridgehead atoms. The van der Waals surface area contributed by atoms with Crippen LogP contribution in [0.1, 0.15) is 25.5 Å². The Kier molecular flexibility index (Phi) is 5.84. The predicted octanol–water partition coefficient (Wildman–Crippen LogP) is 3.47. The van der Waals surface area contributed by atoms with Crippen LogP contribution in [0.2, 0.25) is 5.02 Å². The van der Waals surface area contributed by atoms with Crippen LogP contribution in [0.5, 0.6) is 0 Å². The average Bonchev–Trinajstić information content (AvgIpc) is 3.26. The molecule has 7 nitrogen and oxygen atoms in total. The van der Waals surface area contributed by atoms with Crippen LogP contribution < -0.4 is 5.46 Å². The molecular weight excluding hydrogens is 453 g/mol. The molecule has 0 radical (unpaired) electrons. The fourth-order valence-electron chi connectivity index (χ4n) is 3.88. The smallest absolute Gasteiger partial charge is 0.423 e. The lowest BCUT2D eigenvalue weighted by Crippen LogP contribution is -2.30. The fourth-order valence-corrected chi connectivity index (χ4v) is 4.04. The summed E-state index contributed by atoms with van der Waals surface area (Å²) in [6.07, 6.45) is 5.43. The molecule has 1 aliphatic heterocycles. The molecule has 1 aromatic carbocycles. The van der Waals surface area contributed by atoms with Crippen LogP contribution in [0.25, 0.3) is 33.5 Å². The van der Waals surface area contributed by atoms with Crippen molar-refractivity contribution in [2.45, 2.75) is 25.5 Å². The Morgan fingerprint density at radius 1 is 1.06 bits per heavy atom. The number of fused-ring (bicyclic) bond motifs is 1. The molecule has 168 valence electrons. The highest BCUT2D eigenvalue weighted by atomic mass is 35.5. The van der Waals surface area contributed by atoms with Gasteiger partial charge in [0.15, 0.2) is 0 Å². The third kappa shape index (κ3) is 4.22. The first-order valence-corrected chi connectivity index (χ1v) is 10.8. The molecule has 1 unspecified atom stereocenters. The van der Waals surface area contributed by atoms with Gasteiger partial charge in [0, 0.05) is 41.7 Å². The van der Waals surface area contributed by atoms with E-state index in [4.69, 9.17) is 16.3 Å². The summed E-state index contributed by atoms with van der Waals surface area (Å²) in [7, 11) is -1.69. The molecule has 0 spiro atoms. The Bertz CT molecular complexity index is 1340. The number of ether oxygens (including phenoxy) is 1. The normalized spacial score (nSPS) is 16.3. The van der Waals surface area contributed by atoms with Gasteiger partial charge in [0.1, 0.15) is 23.6 Å². The van der Waals surface area contributed by atoms with E-state index in [0.717, 1.165) is 25.3 Å². The summed E-state index contributed by atoms with van der Waals surface area (Å²) < 4.78 is 36.0. The predicted molar refractivity (Wildman–Crippen MR) is 120 cm³/mol. The topological polar surface area (TPSA) is 93.3 Å². The molecule has 0 aliphatic carbocycles. The molecule has 3 aromatic heterocycles. The summed E-state index contributed by atoms with van der Waals surface area (Å²) in [5.74, 6) is -1.67. The molecule has 4 heterocycles. The molecule has 1 atom stereocenters. The zero-order valence-corrected chi connectivity index (χ0v) is 18.0. The third-order valence-electron chi connectivity index (χ3n) is 5.58. The molecule has 2 N–H and O–H groups in total. The summed E-state index contributed by atoms with van der Waals surface area (Å²) in [4.78, 5) is 8.78. The van der Waals surface area contributed by atoms with Crippen LogP contribution in [-0.4, -0.2) is 43.5 Å². The molecule has 1 aliphatic rings. The van der Waals surface area contributed by atoms with Gasteiger partial charge >= 0.3 is 7.12 Å². The second-order valence-corrected chi connectivity index (χ2v) is 8.22. The quantitative estimate of drug-likeness (QED) is 0.350. The van der Waals surface area contributed by atoms with Gasteiger partial charge in [-0.15, -0.1) is 0 Å². The van der Waals surface area contributed by atoms with Gasteiger partial charge in [-0.3, -0.25) is 4.98 Å². The van der Waals surface area contributed by atoms with E-state index < -0.39 is 18.8 Å². The highest BCUT2D eigenvalue weighted by molar-refractivity contribution is 6.58. The van der Waals surface area contributed by atoms with Crippen LogP contribution in [0, 0.1) is 11.6 Å². The van der Waals surface area contributed by atoms with Crippen molar-refractivity contribution in [3.63, 3.8) is 0 Å². The van der Waals surface area contributed by atoms with Crippen molar-refractivity contribution in [2.24, 2.45) is 0 Å². The van der Waals surface area contributed by atoms with Crippen molar-refractivity contribution in [3.8, 4) is 22.5 Å². The van der Waals surface area contributed by atoms with Gasteiger partial charge in [-0.25, -0.2) is 18.4 Å². The molecule has 4 aromatic rings. The first kappa shape index (κ1) is 21.9. The van der Waals surface area contributed by atoms with Crippen molar-refractivity contribution < 1.29 is 23.6 Å². The van der Waals surface area contributed by atoms with E-state index in [2.05, 4.69) is 15.1 Å². The Morgan fingerprint density at radius 3 is 2.67 bits per heavy atom. The molecule has 33 heavy (non-hydrogen) atoms. The Balaban J connectivity index is 1.68. The number of rotatable bonds is 4. The van der Waals surface area contributed by atoms with E-state index in [9.17, 15) is 18.8 Å². The van der Waals surface area contributed by atoms with E-state index in [-0.39, 0.29) is 28.0 Å². The number of nitrogens with zero attached hydrogens (tertiary/aromatic N) is 4. The maximum absolute atomic E-state index is 14.8. The van der Waals surface area contributed by atoms with Gasteiger partial charge in [-0.05, 0) is 43.5 Å². The van der Waals surface area contributed by atoms with Gasteiger partial charge in [0.2, 0.25) is 0 Å². The first-order valence-electron chi connectivity index (χ1n) is 10.4. The van der Waals surface area contributed by atoms with E-state index in [0.29, 0.717) is 28.9 Å². The largest absolute Gasteiger partial charge is 0.490 e. The van der Waals surface area contributed by atoms with Crippen molar-refractivity contribution >= 4 is 35.2 Å². The van der Waals surface area contributed by atoms with Crippen molar-refractivity contribution in [1.29, 1.82) is 0 Å². The zero-order valence-electron chi connectivity index (χ0n) is 17.3. The lowest BCUT2D eigenvalue weighted by molar-refractivity contribution is -0.0393. The highest BCUT2D eigenvalue weighted by Crippen LogP contribution is 2.36. The minimum Gasteiger partial charge on any atom is -0.423 e. The van der Waals surface area contributed by atoms with Crippen LogP contribution >= 0.6 is 11.6 Å². The van der Waals surface area contributed by atoms with E-state index in [1.807, 2.05) is 0 Å². The van der Waals surface area contributed by atoms with Gasteiger partial charge in [0.25, 0.3) is 0 Å². The molecular formula is C22H18BClF2N4O3. The minimum absolute atomic E-state index is 0.0329. The SMILES string of the molecule is OB(O)c1cnc2ccc(-c3cn(C4CCCCO4)nc3-c3cc(Cl)c(F)cc3F)nc2c1. The Labute approximate surface area is 192 Å². The summed E-state index contributed by atoms with van der Waals surface area (Å²) >= 11 is 5.94. The molecule has 5 rings (SSSR count). The molecule has 0 amide bonds. The van der Waals surface area contributed by atoms with Crippen molar-refractivity contribution in [1.82, 2.24) is 19.7 Å². The maximum Gasteiger partial charge on any atom is 0.490 e. The first-order chi connectivity index (χ1) is 15.9. The van der Waals surface area contributed by atoms with E-state index in [1.165, 1.54) is 18.3 Å². The van der Waals surface area contributed by atoms with Crippen molar-refractivity contribution in [2.75, 3.05) is 6.61 Å². The summed E-state index contributed by atoms with van der Waals surface area (Å²) in [5, 5.41) is 23.3. The second-order valence-electron chi connectivity index (χ2n) is 7.82. The third-order valence-corrected chi connectivity index (χ3v) is 5.87. The van der Waals surface area contributed by atoms with Gasteiger partial charge in [0.05, 0.1) is 21.7 Å². The van der Waals surface area contributed by atoms with Gasteiger partial charge < -0.3 is 14.8 Å². The second kappa shape index (κ2) is 8.79. The number of benzene rings is 1. The fraction of sp³-hybridized carbons (Fsp3) is 0.227. The van der Waals surface area contributed by atoms with E-state index >= 15 is 0 Å². The van der Waals surface area contributed by atoms with Crippen LogP contribution in [0.4, 0.5) is 8.78 Å². The number of aromatic nitrogens is 4. The number of hydrogen-bond donors (Lipinski definition) is 2. The highest BCUT2D eigenvalue weighted by Gasteiger charge is 2.24. The molecule has 0 saturated carbocycles. The van der Waals surface area contributed by atoms with Crippen LogP contribution in [0.3, 0.4) is 0 Å². The monoisotopic (exact) mass is 470 g/mol. The van der Waals surface area contributed by atoms with Gasteiger partial charge in [-0.2, -0.15) is 5.10 Å². The number of halogens is 3. The molecule has 1 saturated heterocycles. The summed E-state index contributed by atoms with van der Waals surface area (Å²) in [6, 6.07) is 6.87. The standard InChI is InChI=1S/C22H18BClF2N4O3/c24-15-8-13(16(25)9-17(15)26)22-14(11-30(29-22)21-3-1-2-6-33-21)18-4-5-19-20(28-18)7-12(10-27-19)23(31)32/h4-5,7-11,21,31-32H,1-3,6H2. The van der Waals surface area contributed by atoms with E-state index in [1.54, 1.807) is 23.0 Å². The van der Waals surface area contributed by atoms with Gasteiger partial charge in [-0.1, -0.05) is 11.6 Å². The summed E-state index contributed by atoms with van der Waals surface area (Å²) in [6.45, 7) is 0.595. The number of pyridine rings is 2. The minimum atomic E-state index is -1.69. The average molecular weight is 471 g/mol. The number of hydrogen-bond acceptors (Lipinski definition) is 6. The zero-order chi connectivity index (χ0) is 23.1. The summed E-state index contributed by atoms with van der Waals surface area (Å²) in [5.41, 5.74) is 2.36. The Morgan fingerprint density at radius 2 is 1.91 bits per heavy atom. The maximum atomic E-state index is 14.8. The molecule has 1 fully saturated rings.